The number of piperidine rings is 1. The van der Waals surface area contributed by atoms with Crippen molar-refractivity contribution in [2.75, 3.05) is 26.8 Å². The summed E-state index contributed by atoms with van der Waals surface area (Å²) in [5.74, 6) is 0.130. The molecule has 1 N–H and O–H groups in total. The summed E-state index contributed by atoms with van der Waals surface area (Å²) in [6.07, 6.45) is 7.42. The number of rotatable bonds is 4. The van der Waals surface area contributed by atoms with Gasteiger partial charge in [0.25, 0.3) is 0 Å². The first-order chi connectivity index (χ1) is 9.50. The molecule has 116 valence electrons. The number of hydrogen-bond donors (Lipinski definition) is 1. The van der Waals surface area contributed by atoms with E-state index in [4.69, 9.17) is 4.74 Å². The van der Waals surface area contributed by atoms with Gasteiger partial charge < -0.3 is 15.0 Å². The highest BCUT2D eigenvalue weighted by molar-refractivity contribution is 5.77. The normalized spacial score (nSPS) is 24.9. The lowest BCUT2D eigenvalue weighted by molar-refractivity contribution is -0.136. The molecule has 1 aliphatic heterocycles. The molecule has 0 bridgehead atoms. The van der Waals surface area contributed by atoms with Gasteiger partial charge in [0.1, 0.15) is 6.61 Å². The molecule has 1 heterocycles. The maximum atomic E-state index is 11.7. The Morgan fingerprint density at radius 1 is 1.15 bits per heavy atom. The number of likely N-dealkylation sites (tertiary alicyclic amines) is 1. The van der Waals surface area contributed by atoms with Crippen LogP contribution in [0.5, 0.6) is 0 Å². The van der Waals surface area contributed by atoms with Crippen LogP contribution in [0.4, 0.5) is 0 Å². The second-order valence-electron chi connectivity index (χ2n) is 7.19. The van der Waals surface area contributed by atoms with Crippen LogP contribution < -0.4 is 5.32 Å². The Morgan fingerprint density at radius 3 is 2.25 bits per heavy atom. The highest BCUT2D eigenvalue weighted by Gasteiger charge is 2.29. The molecule has 4 heteroatoms. The largest absolute Gasteiger partial charge is 0.375 e. The summed E-state index contributed by atoms with van der Waals surface area (Å²) >= 11 is 0. The lowest BCUT2D eigenvalue weighted by atomic mass is 9.75. The minimum absolute atomic E-state index is 0.130. The van der Waals surface area contributed by atoms with Gasteiger partial charge in [-0.25, -0.2) is 0 Å². The maximum absolute atomic E-state index is 11.7. The van der Waals surface area contributed by atoms with Crippen LogP contribution in [0.25, 0.3) is 0 Å². The third-order valence-electron chi connectivity index (χ3n) is 4.93. The van der Waals surface area contributed by atoms with Gasteiger partial charge in [-0.2, -0.15) is 0 Å². The van der Waals surface area contributed by atoms with Gasteiger partial charge in [-0.3, -0.25) is 4.79 Å². The topological polar surface area (TPSA) is 41.6 Å². The summed E-state index contributed by atoms with van der Waals surface area (Å²) in [4.78, 5) is 13.7. The van der Waals surface area contributed by atoms with Crippen LogP contribution in [0.3, 0.4) is 0 Å². The first kappa shape index (κ1) is 15.8. The fraction of sp³-hybridized carbons (Fsp3) is 0.938. The van der Waals surface area contributed by atoms with Crippen molar-refractivity contribution in [3.63, 3.8) is 0 Å². The zero-order chi connectivity index (χ0) is 14.6. The number of nitrogens with zero attached hydrogens (tertiary/aromatic N) is 1. The average molecular weight is 282 g/mol. The predicted molar refractivity (Wildman–Crippen MR) is 80.7 cm³/mol. The van der Waals surface area contributed by atoms with Gasteiger partial charge in [-0.15, -0.1) is 0 Å². The van der Waals surface area contributed by atoms with E-state index in [1.807, 2.05) is 4.90 Å². The van der Waals surface area contributed by atoms with Crippen molar-refractivity contribution >= 4 is 5.91 Å². The fourth-order valence-corrected chi connectivity index (χ4v) is 3.41. The molecular formula is C16H30N2O2. The molecule has 0 atom stereocenters. The molecule has 0 spiro atoms. The highest BCUT2D eigenvalue weighted by atomic mass is 16.5. The van der Waals surface area contributed by atoms with E-state index in [1.54, 1.807) is 7.11 Å². The zero-order valence-corrected chi connectivity index (χ0v) is 13.3. The summed E-state index contributed by atoms with van der Waals surface area (Å²) in [5, 5.41) is 3.82. The lowest BCUT2D eigenvalue weighted by Crippen LogP contribution is -2.49. The number of methoxy groups -OCH3 is 1. The Hall–Kier alpha value is -0.610. The molecule has 1 saturated heterocycles. The van der Waals surface area contributed by atoms with E-state index in [9.17, 15) is 4.79 Å². The van der Waals surface area contributed by atoms with Crippen molar-refractivity contribution in [2.45, 2.75) is 64.5 Å². The molecule has 0 aromatic carbocycles. The number of carbonyl (C=O) groups excluding carboxylic acids is 1. The number of carbonyl (C=O) groups is 1. The summed E-state index contributed by atoms with van der Waals surface area (Å²) in [7, 11) is 1.58. The van der Waals surface area contributed by atoms with E-state index in [1.165, 1.54) is 25.7 Å². The van der Waals surface area contributed by atoms with Gasteiger partial charge in [0.15, 0.2) is 0 Å². The first-order valence-electron chi connectivity index (χ1n) is 8.03. The van der Waals surface area contributed by atoms with Crippen LogP contribution >= 0.6 is 0 Å². The van der Waals surface area contributed by atoms with Crippen LogP contribution in [0.15, 0.2) is 0 Å². The van der Waals surface area contributed by atoms with Crippen LogP contribution in [-0.4, -0.2) is 49.7 Å². The molecule has 0 radical (unpaired) electrons. The predicted octanol–water partition coefficient (Wildman–Crippen LogP) is 2.18. The van der Waals surface area contributed by atoms with Gasteiger partial charge in [-0.05, 0) is 43.9 Å². The Labute approximate surface area is 123 Å². The second kappa shape index (κ2) is 6.90. The molecule has 2 rings (SSSR count). The molecule has 0 unspecified atom stereocenters. The third kappa shape index (κ3) is 4.45. The van der Waals surface area contributed by atoms with Crippen molar-refractivity contribution < 1.29 is 9.53 Å². The van der Waals surface area contributed by atoms with E-state index in [-0.39, 0.29) is 12.5 Å². The van der Waals surface area contributed by atoms with Crippen molar-refractivity contribution in [1.29, 1.82) is 0 Å². The van der Waals surface area contributed by atoms with Crippen molar-refractivity contribution in [2.24, 2.45) is 5.41 Å². The first-order valence-corrected chi connectivity index (χ1v) is 8.03. The second-order valence-corrected chi connectivity index (χ2v) is 7.19. The van der Waals surface area contributed by atoms with Crippen LogP contribution in [0.1, 0.15) is 52.4 Å². The van der Waals surface area contributed by atoms with Crippen molar-refractivity contribution in [3.8, 4) is 0 Å². The van der Waals surface area contributed by atoms with E-state index >= 15 is 0 Å². The zero-order valence-electron chi connectivity index (χ0n) is 13.3. The number of ether oxygens (including phenoxy) is 1. The van der Waals surface area contributed by atoms with Gasteiger partial charge in [0.2, 0.25) is 5.91 Å². The monoisotopic (exact) mass is 282 g/mol. The minimum Gasteiger partial charge on any atom is -0.375 e. The quantitative estimate of drug-likeness (QED) is 0.859. The molecule has 1 amide bonds. The Kier molecular flexibility index (Phi) is 5.44. The summed E-state index contributed by atoms with van der Waals surface area (Å²) in [6.45, 7) is 6.72. The van der Waals surface area contributed by atoms with Crippen LogP contribution in [0.2, 0.25) is 0 Å². The third-order valence-corrected chi connectivity index (χ3v) is 4.93. The lowest BCUT2D eigenvalue weighted by Gasteiger charge is -2.39. The van der Waals surface area contributed by atoms with Crippen LogP contribution in [0, 0.1) is 5.41 Å². The fourth-order valence-electron chi connectivity index (χ4n) is 3.41. The molecule has 1 saturated carbocycles. The Bertz CT molecular complexity index is 312. The average Bonchev–Trinajstić information content (AvgIpc) is 2.42. The molecule has 1 aliphatic carbocycles. The van der Waals surface area contributed by atoms with E-state index < -0.39 is 0 Å². The molecular weight excluding hydrogens is 252 g/mol. The Balaban J connectivity index is 1.68. The number of amides is 1. The van der Waals surface area contributed by atoms with Crippen molar-refractivity contribution in [1.82, 2.24) is 10.2 Å². The molecule has 4 nitrogen and oxygen atoms in total. The summed E-state index contributed by atoms with van der Waals surface area (Å²) in [6, 6.07) is 1.28. The minimum atomic E-state index is 0.130. The van der Waals surface area contributed by atoms with E-state index in [2.05, 4.69) is 19.2 Å². The van der Waals surface area contributed by atoms with Gasteiger partial charge in [-0.1, -0.05) is 13.8 Å². The van der Waals surface area contributed by atoms with Crippen LogP contribution in [-0.2, 0) is 9.53 Å². The van der Waals surface area contributed by atoms with Gasteiger partial charge in [0, 0.05) is 32.3 Å². The molecule has 0 aromatic rings. The molecule has 20 heavy (non-hydrogen) atoms. The summed E-state index contributed by atoms with van der Waals surface area (Å²) in [5.41, 5.74) is 0.536. The maximum Gasteiger partial charge on any atom is 0.248 e. The number of nitrogens with one attached hydrogen (secondary N) is 1. The molecule has 0 aromatic heterocycles. The smallest absolute Gasteiger partial charge is 0.248 e. The standard InChI is InChI=1S/C16H30N2O2/c1-16(2)8-4-13(5-9-16)17-14-6-10-18(11-7-14)15(19)12-20-3/h13-14,17H,4-12H2,1-3H3. The Morgan fingerprint density at radius 2 is 1.70 bits per heavy atom. The van der Waals surface area contributed by atoms with E-state index in [0.29, 0.717) is 17.5 Å². The van der Waals surface area contributed by atoms with Crippen molar-refractivity contribution in [3.05, 3.63) is 0 Å². The number of hydrogen-bond acceptors (Lipinski definition) is 3. The molecule has 2 aliphatic rings. The SMILES string of the molecule is COCC(=O)N1CCC(NC2CCC(C)(C)CC2)CC1. The summed E-state index contributed by atoms with van der Waals surface area (Å²) < 4.78 is 4.92. The van der Waals surface area contributed by atoms with Gasteiger partial charge >= 0.3 is 0 Å². The van der Waals surface area contributed by atoms with E-state index in [0.717, 1.165) is 25.9 Å². The highest BCUT2D eigenvalue weighted by Crippen LogP contribution is 2.35. The molecule has 2 fully saturated rings. The van der Waals surface area contributed by atoms with Gasteiger partial charge in [0.05, 0.1) is 0 Å².